The number of hydrogen-bond acceptors (Lipinski definition) is 4. The zero-order valence-electron chi connectivity index (χ0n) is 15.5. The summed E-state index contributed by atoms with van der Waals surface area (Å²) in [5, 5.41) is 7.24. The summed E-state index contributed by atoms with van der Waals surface area (Å²) in [6, 6.07) is 21.5. The maximum Gasteiger partial charge on any atom is 0.253 e. The number of amides is 1. The fourth-order valence-electron chi connectivity index (χ4n) is 2.94. The third-order valence-electron chi connectivity index (χ3n) is 4.49. The van der Waals surface area contributed by atoms with Crippen molar-refractivity contribution < 1.29 is 4.79 Å². The van der Waals surface area contributed by atoms with Crippen LogP contribution in [0.25, 0.3) is 10.9 Å². The first-order chi connectivity index (χ1) is 13.7. The molecule has 138 valence electrons. The van der Waals surface area contributed by atoms with Gasteiger partial charge in [-0.1, -0.05) is 48.0 Å². The van der Waals surface area contributed by atoms with Gasteiger partial charge in [0.05, 0.1) is 16.8 Å². The van der Waals surface area contributed by atoms with E-state index in [9.17, 15) is 4.79 Å². The van der Waals surface area contributed by atoms with Crippen LogP contribution in [0.15, 0.2) is 79.1 Å². The van der Waals surface area contributed by atoms with Crippen molar-refractivity contribution in [2.45, 2.75) is 13.5 Å². The van der Waals surface area contributed by atoms with Gasteiger partial charge in [-0.2, -0.15) is 0 Å². The van der Waals surface area contributed by atoms with Crippen molar-refractivity contribution in [3.63, 3.8) is 0 Å². The minimum absolute atomic E-state index is 0.147. The van der Waals surface area contributed by atoms with Crippen LogP contribution in [0.2, 0.25) is 0 Å². The number of rotatable bonds is 5. The molecule has 2 heterocycles. The molecule has 0 radical (unpaired) electrons. The number of para-hydroxylation sites is 1. The number of benzene rings is 2. The van der Waals surface area contributed by atoms with Gasteiger partial charge in [0, 0.05) is 24.3 Å². The van der Waals surface area contributed by atoms with Crippen LogP contribution in [-0.2, 0) is 6.54 Å². The molecule has 2 aromatic heterocycles. The molecule has 5 heteroatoms. The molecule has 4 rings (SSSR count). The van der Waals surface area contributed by atoms with Crippen LogP contribution in [0.5, 0.6) is 0 Å². The maximum atomic E-state index is 12.3. The second kappa shape index (κ2) is 7.88. The van der Waals surface area contributed by atoms with Crippen molar-refractivity contribution in [2.24, 2.45) is 0 Å². The van der Waals surface area contributed by atoms with Gasteiger partial charge in [0.15, 0.2) is 0 Å². The monoisotopic (exact) mass is 368 g/mol. The summed E-state index contributed by atoms with van der Waals surface area (Å²) in [7, 11) is 0. The van der Waals surface area contributed by atoms with Crippen LogP contribution < -0.4 is 10.6 Å². The fraction of sp³-hybridized carbons (Fsp3) is 0.0870. The Bertz CT molecular complexity index is 1100. The van der Waals surface area contributed by atoms with Gasteiger partial charge < -0.3 is 10.6 Å². The Labute approximate surface area is 163 Å². The molecular weight excluding hydrogens is 348 g/mol. The fourth-order valence-corrected chi connectivity index (χ4v) is 2.94. The van der Waals surface area contributed by atoms with Crippen LogP contribution in [0.1, 0.15) is 21.5 Å². The second-order valence-corrected chi connectivity index (χ2v) is 6.61. The molecule has 0 fully saturated rings. The highest BCUT2D eigenvalue weighted by atomic mass is 16.1. The van der Waals surface area contributed by atoms with E-state index in [1.54, 1.807) is 24.5 Å². The molecule has 2 N–H and O–H groups in total. The molecule has 0 bridgehead atoms. The molecule has 4 aromatic rings. The smallest absolute Gasteiger partial charge is 0.253 e. The zero-order chi connectivity index (χ0) is 19.3. The Morgan fingerprint density at radius 2 is 1.75 bits per heavy atom. The predicted molar refractivity (Wildman–Crippen MR) is 112 cm³/mol. The van der Waals surface area contributed by atoms with Gasteiger partial charge in [-0.3, -0.25) is 9.78 Å². The van der Waals surface area contributed by atoms with Crippen molar-refractivity contribution in [1.82, 2.24) is 15.3 Å². The van der Waals surface area contributed by atoms with Crippen LogP contribution in [0.3, 0.4) is 0 Å². The number of carbonyl (C=O) groups excluding carboxylic acids is 1. The molecule has 0 unspecified atom stereocenters. The molecule has 0 aliphatic heterocycles. The van der Waals surface area contributed by atoms with Crippen molar-refractivity contribution in [2.75, 3.05) is 5.32 Å². The number of hydrogen-bond donors (Lipinski definition) is 2. The maximum absolute atomic E-state index is 12.3. The Hall–Kier alpha value is -3.73. The summed E-state index contributed by atoms with van der Waals surface area (Å²) in [5.74, 6) is 0.514. The van der Waals surface area contributed by atoms with Gasteiger partial charge in [-0.25, -0.2) is 4.98 Å². The first-order valence-electron chi connectivity index (χ1n) is 9.09. The van der Waals surface area contributed by atoms with Gasteiger partial charge in [-0.15, -0.1) is 0 Å². The number of nitrogens with zero attached hydrogens (tertiary/aromatic N) is 2. The highest BCUT2D eigenvalue weighted by Gasteiger charge is 2.07. The van der Waals surface area contributed by atoms with Crippen molar-refractivity contribution >= 4 is 28.3 Å². The summed E-state index contributed by atoms with van der Waals surface area (Å²) >= 11 is 0. The summed E-state index contributed by atoms with van der Waals surface area (Å²) in [5.41, 5.74) is 4.54. The largest absolute Gasteiger partial charge is 0.348 e. The van der Waals surface area contributed by atoms with Gasteiger partial charge >= 0.3 is 0 Å². The molecular formula is C23H20N4O. The standard InChI is InChI=1S/C23H20N4O/c1-16-7-9-17(10-8-16)14-26-23(28)19-11-12-21(25-15-19)27-20-6-2-4-18-5-3-13-24-22(18)20/h2-13,15H,14H2,1H3,(H,25,27)(H,26,28). The van der Waals surface area contributed by atoms with E-state index >= 15 is 0 Å². The Morgan fingerprint density at radius 3 is 2.54 bits per heavy atom. The lowest BCUT2D eigenvalue weighted by molar-refractivity contribution is 0.0950. The Balaban J connectivity index is 1.43. The Kier molecular flexibility index (Phi) is 4.97. The number of aromatic nitrogens is 2. The zero-order valence-corrected chi connectivity index (χ0v) is 15.5. The van der Waals surface area contributed by atoms with Gasteiger partial charge in [0.25, 0.3) is 5.91 Å². The molecule has 1 amide bonds. The number of anilines is 2. The lowest BCUT2D eigenvalue weighted by atomic mass is 10.1. The Morgan fingerprint density at radius 1 is 0.929 bits per heavy atom. The number of carbonyl (C=O) groups is 1. The molecule has 0 aliphatic rings. The van der Waals surface area contributed by atoms with E-state index in [4.69, 9.17) is 0 Å². The van der Waals surface area contributed by atoms with Gasteiger partial charge in [0.1, 0.15) is 5.82 Å². The molecule has 28 heavy (non-hydrogen) atoms. The third-order valence-corrected chi connectivity index (χ3v) is 4.49. The van der Waals surface area contributed by atoms with Crippen LogP contribution in [0.4, 0.5) is 11.5 Å². The van der Waals surface area contributed by atoms with Gasteiger partial charge in [-0.05, 0) is 36.8 Å². The molecule has 0 aliphatic carbocycles. The highest BCUT2D eigenvalue weighted by Crippen LogP contribution is 2.23. The summed E-state index contributed by atoms with van der Waals surface area (Å²) in [4.78, 5) is 21.1. The van der Waals surface area contributed by atoms with E-state index in [1.807, 2.05) is 61.5 Å². The van der Waals surface area contributed by atoms with E-state index in [1.165, 1.54) is 5.56 Å². The lowest BCUT2D eigenvalue weighted by Gasteiger charge is -2.09. The average Bonchev–Trinajstić information content (AvgIpc) is 2.74. The number of pyridine rings is 2. The normalized spacial score (nSPS) is 10.6. The van der Waals surface area contributed by atoms with E-state index in [2.05, 4.69) is 20.6 Å². The van der Waals surface area contributed by atoms with Crippen LogP contribution in [-0.4, -0.2) is 15.9 Å². The number of nitrogens with one attached hydrogen (secondary N) is 2. The SMILES string of the molecule is Cc1ccc(CNC(=O)c2ccc(Nc3cccc4cccnc34)nc2)cc1. The summed E-state index contributed by atoms with van der Waals surface area (Å²) in [6.07, 6.45) is 3.34. The van der Waals surface area contributed by atoms with Crippen molar-refractivity contribution in [3.8, 4) is 0 Å². The van der Waals surface area contributed by atoms with Crippen molar-refractivity contribution in [3.05, 3.63) is 95.8 Å². The first kappa shape index (κ1) is 17.7. The predicted octanol–water partition coefficient (Wildman–Crippen LogP) is 4.61. The quantitative estimate of drug-likeness (QED) is 0.540. The minimum Gasteiger partial charge on any atom is -0.348 e. The van der Waals surface area contributed by atoms with E-state index < -0.39 is 0 Å². The topological polar surface area (TPSA) is 66.9 Å². The average molecular weight is 368 g/mol. The molecule has 0 saturated heterocycles. The molecule has 5 nitrogen and oxygen atoms in total. The number of aryl methyl sites for hydroxylation is 1. The molecule has 0 spiro atoms. The van der Waals surface area contributed by atoms with Crippen LogP contribution >= 0.6 is 0 Å². The highest BCUT2D eigenvalue weighted by molar-refractivity contribution is 5.94. The van der Waals surface area contributed by atoms with Crippen LogP contribution in [0, 0.1) is 6.92 Å². The summed E-state index contributed by atoms with van der Waals surface area (Å²) < 4.78 is 0. The van der Waals surface area contributed by atoms with Gasteiger partial charge in [0.2, 0.25) is 0 Å². The van der Waals surface area contributed by atoms with E-state index in [0.717, 1.165) is 22.2 Å². The second-order valence-electron chi connectivity index (χ2n) is 6.61. The third kappa shape index (κ3) is 3.99. The first-order valence-corrected chi connectivity index (χ1v) is 9.09. The summed E-state index contributed by atoms with van der Waals surface area (Å²) in [6.45, 7) is 2.53. The molecule has 0 atom stereocenters. The number of fused-ring (bicyclic) bond motifs is 1. The lowest BCUT2D eigenvalue weighted by Crippen LogP contribution is -2.22. The van der Waals surface area contributed by atoms with Crippen molar-refractivity contribution in [1.29, 1.82) is 0 Å². The van der Waals surface area contributed by atoms with E-state index in [-0.39, 0.29) is 5.91 Å². The minimum atomic E-state index is -0.147. The molecule has 0 saturated carbocycles. The molecule has 2 aromatic carbocycles. The van der Waals surface area contributed by atoms with E-state index in [0.29, 0.717) is 17.9 Å².